The Labute approximate surface area is 87.4 Å². The van der Waals surface area contributed by atoms with E-state index in [9.17, 15) is 0 Å². The highest BCUT2D eigenvalue weighted by molar-refractivity contribution is 6.37. The van der Waals surface area contributed by atoms with Gasteiger partial charge in [-0.2, -0.15) is 0 Å². The predicted molar refractivity (Wildman–Crippen MR) is 58.2 cm³/mol. The lowest BCUT2D eigenvalue weighted by molar-refractivity contribution is 0.887. The maximum absolute atomic E-state index is 6.04. The van der Waals surface area contributed by atoms with Crippen molar-refractivity contribution in [1.29, 1.82) is 0 Å². The molecule has 0 spiro atoms. The lowest BCUT2D eigenvalue weighted by Crippen LogP contribution is -2.30. The Morgan fingerprint density at radius 3 is 2.92 bits per heavy atom. The van der Waals surface area contributed by atoms with Crippen molar-refractivity contribution in [3.63, 3.8) is 0 Å². The molecule has 1 aromatic carbocycles. The molecule has 0 aromatic heterocycles. The van der Waals surface area contributed by atoms with E-state index in [2.05, 4.69) is 10.2 Å². The number of fused-ring (bicyclic) bond motifs is 1. The molecule has 0 aliphatic carbocycles. The molecule has 2 rings (SSSR count). The van der Waals surface area contributed by atoms with Crippen molar-refractivity contribution < 1.29 is 0 Å². The Hall–Kier alpha value is -0.600. The summed E-state index contributed by atoms with van der Waals surface area (Å²) in [7, 11) is 2.03. The minimum absolute atomic E-state index is 0.680. The van der Waals surface area contributed by atoms with Crippen LogP contribution >= 0.6 is 23.2 Å². The zero-order valence-corrected chi connectivity index (χ0v) is 8.78. The highest BCUT2D eigenvalue weighted by Crippen LogP contribution is 2.37. The van der Waals surface area contributed by atoms with Crippen molar-refractivity contribution in [3.8, 4) is 0 Å². The minimum Gasteiger partial charge on any atom is -0.380 e. The van der Waals surface area contributed by atoms with E-state index in [0.29, 0.717) is 10.0 Å². The first kappa shape index (κ1) is 8.97. The number of nitrogens with zero attached hydrogens (tertiary/aromatic N) is 1. The Balaban J connectivity index is 2.56. The normalized spacial score (nSPS) is 15.2. The number of halogens is 2. The number of benzene rings is 1. The van der Waals surface area contributed by atoms with Gasteiger partial charge in [-0.3, -0.25) is 0 Å². The lowest BCUT2D eigenvalue weighted by Gasteiger charge is -2.29. The van der Waals surface area contributed by atoms with Gasteiger partial charge >= 0.3 is 0 Å². The molecule has 0 amide bonds. The molecule has 2 nitrogen and oxygen atoms in total. The molecule has 0 saturated carbocycles. The molecule has 0 radical (unpaired) electrons. The second-order valence-corrected chi connectivity index (χ2v) is 3.97. The van der Waals surface area contributed by atoms with Crippen LogP contribution in [0.25, 0.3) is 0 Å². The molecule has 1 aliphatic rings. The van der Waals surface area contributed by atoms with Crippen LogP contribution in [0.2, 0.25) is 10.0 Å². The van der Waals surface area contributed by atoms with E-state index >= 15 is 0 Å². The maximum Gasteiger partial charge on any atom is 0.0768 e. The van der Waals surface area contributed by atoms with Gasteiger partial charge in [0.15, 0.2) is 0 Å². The standard InChI is InChI=1S/C9H10Cl2N2/c1-13-3-2-12-9-7(11)4-6(10)5-8(9)13/h4-5,12H,2-3H2,1H3. The number of likely N-dealkylation sites (N-methyl/N-ethyl adjacent to an activating group) is 1. The molecule has 1 heterocycles. The molecular formula is C9H10Cl2N2. The largest absolute Gasteiger partial charge is 0.380 e. The summed E-state index contributed by atoms with van der Waals surface area (Å²) in [5, 5.41) is 4.63. The van der Waals surface area contributed by atoms with Gasteiger partial charge in [0.1, 0.15) is 0 Å². The van der Waals surface area contributed by atoms with Gasteiger partial charge in [-0.1, -0.05) is 23.2 Å². The van der Waals surface area contributed by atoms with E-state index in [0.717, 1.165) is 24.5 Å². The lowest BCUT2D eigenvalue weighted by atomic mass is 10.2. The molecule has 0 atom stereocenters. The van der Waals surface area contributed by atoms with Crippen LogP contribution in [0.15, 0.2) is 12.1 Å². The topological polar surface area (TPSA) is 15.3 Å². The molecule has 13 heavy (non-hydrogen) atoms. The van der Waals surface area contributed by atoms with Crippen molar-refractivity contribution in [2.24, 2.45) is 0 Å². The van der Waals surface area contributed by atoms with E-state index in [4.69, 9.17) is 23.2 Å². The van der Waals surface area contributed by atoms with Crippen LogP contribution in [0, 0.1) is 0 Å². The fraction of sp³-hybridized carbons (Fsp3) is 0.333. The van der Waals surface area contributed by atoms with Crippen LogP contribution in [0.5, 0.6) is 0 Å². The van der Waals surface area contributed by atoms with E-state index in [1.54, 1.807) is 6.07 Å². The Morgan fingerprint density at radius 2 is 2.15 bits per heavy atom. The second-order valence-electron chi connectivity index (χ2n) is 3.13. The van der Waals surface area contributed by atoms with E-state index in [1.807, 2.05) is 13.1 Å². The van der Waals surface area contributed by atoms with Crippen LogP contribution in [0.4, 0.5) is 11.4 Å². The number of rotatable bonds is 0. The first-order valence-electron chi connectivity index (χ1n) is 4.12. The van der Waals surface area contributed by atoms with Gasteiger partial charge in [-0.15, -0.1) is 0 Å². The van der Waals surface area contributed by atoms with Crippen molar-refractivity contribution in [2.75, 3.05) is 30.4 Å². The van der Waals surface area contributed by atoms with Gasteiger partial charge in [0, 0.05) is 25.2 Å². The molecule has 0 saturated heterocycles. The summed E-state index contributed by atoms with van der Waals surface area (Å²) in [4.78, 5) is 2.14. The third kappa shape index (κ3) is 1.56. The summed E-state index contributed by atoms with van der Waals surface area (Å²) in [5.41, 5.74) is 2.06. The second kappa shape index (κ2) is 3.28. The summed E-state index contributed by atoms with van der Waals surface area (Å²) in [6.07, 6.45) is 0. The van der Waals surface area contributed by atoms with Crippen molar-refractivity contribution in [2.45, 2.75) is 0 Å². The first-order valence-corrected chi connectivity index (χ1v) is 4.88. The van der Waals surface area contributed by atoms with Gasteiger partial charge in [0.2, 0.25) is 0 Å². The van der Waals surface area contributed by atoms with Crippen LogP contribution in [0.3, 0.4) is 0 Å². The number of hydrogen-bond donors (Lipinski definition) is 1. The molecule has 4 heteroatoms. The van der Waals surface area contributed by atoms with Crippen molar-refractivity contribution in [1.82, 2.24) is 0 Å². The Bertz CT molecular complexity index is 339. The molecular weight excluding hydrogens is 207 g/mol. The molecule has 0 fully saturated rings. The van der Waals surface area contributed by atoms with Gasteiger partial charge in [0.05, 0.1) is 16.4 Å². The molecule has 1 aromatic rings. The van der Waals surface area contributed by atoms with Gasteiger partial charge in [0.25, 0.3) is 0 Å². The van der Waals surface area contributed by atoms with Crippen LogP contribution in [-0.4, -0.2) is 20.1 Å². The Morgan fingerprint density at radius 1 is 1.38 bits per heavy atom. The smallest absolute Gasteiger partial charge is 0.0768 e. The zero-order valence-electron chi connectivity index (χ0n) is 7.27. The SMILES string of the molecule is CN1CCNc2c(Cl)cc(Cl)cc21. The van der Waals surface area contributed by atoms with E-state index in [1.165, 1.54) is 0 Å². The fourth-order valence-electron chi connectivity index (χ4n) is 1.51. The Kier molecular flexibility index (Phi) is 2.26. The quantitative estimate of drug-likeness (QED) is 0.718. The third-order valence-electron chi connectivity index (χ3n) is 2.19. The van der Waals surface area contributed by atoms with E-state index < -0.39 is 0 Å². The molecule has 0 unspecified atom stereocenters. The minimum atomic E-state index is 0.680. The highest BCUT2D eigenvalue weighted by Gasteiger charge is 2.16. The summed E-state index contributed by atoms with van der Waals surface area (Å²) >= 11 is 11.9. The highest BCUT2D eigenvalue weighted by atomic mass is 35.5. The molecule has 0 bridgehead atoms. The predicted octanol–water partition coefficient (Wildman–Crippen LogP) is 2.86. The van der Waals surface area contributed by atoms with Crippen molar-refractivity contribution in [3.05, 3.63) is 22.2 Å². The summed E-state index contributed by atoms with van der Waals surface area (Å²) in [6.45, 7) is 1.90. The monoisotopic (exact) mass is 216 g/mol. The van der Waals surface area contributed by atoms with E-state index in [-0.39, 0.29) is 0 Å². The van der Waals surface area contributed by atoms with Crippen LogP contribution in [0.1, 0.15) is 0 Å². The molecule has 1 aliphatic heterocycles. The average Bonchev–Trinajstić information content (AvgIpc) is 2.07. The van der Waals surface area contributed by atoms with Crippen LogP contribution < -0.4 is 10.2 Å². The maximum atomic E-state index is 6.04. The van der Waals surface area contributed by atoms with Gasteiger partial charge in [-0.05, 0) is 12.1 Å². The summed E-state index contributed by atoms with van der Waals surface area (Å²) < 4.78 is 0. The fourth-order valence-corrected chi connectivity index (χ4v) is 2.05. The summed E-state index contributed by atoms with van der Waals surface area (Å²) in [5.74, 6) is 0. The number of anilines is 2. The zero-order chi connectivity index (χ0) is 9.42. The van der Waals surface area contributed by atoms with Gasteiger partial charge in [-0.25, -0.2) is 0 Å². The summed E-state index contributed by atoms with van der Waals surface area (Å²) in [6, 6.07) is 3.68. The number of nitrogens with one attached hydrogen (secondary N) is 1. The third-order valence-corrected chi connectivity index (χ3v) is 2.71. The average molecular weight is 217 g/mol. The van der Waals surface area contributed by atoms with Crippen LogP contribution in [-0.2, 0) is 0 Å². The molecule has 1 N–H and O–H groups in total. The molecule has 70 valence electrons. The van der Waals surface area contributed by atoms with Gasteiger partial charge < -0.3 is 10.2 Å². The first-order chi connectivity index (χ1) is 6.18. The van der Waals surface area contributed by atoms with Crippen molar-refractivity contribution >= 4 is 34.6 Å². The number of hydrogen-bond acceptors (Lipinski definition) is 2.